The summed E-state index contributed by atoms with van der Waals surface area (Å²) < 4.78 is 8.43. The van der Waals surface area contributed by atoms with Gasteiger partial charge in [-0.1, -0.05) is 47.5 Å². The van der Waals surface area contributed by atoms with E-state index in [4.69, 9.17) is 4.74 Å². The molecule has 0 saturated heterocycles. The van der Waals surface area contributed by atoms with E-state index < -0.39 is 0 Å². The zero-order valence-electron chi connectivity index (χ0n) is 17.4. The van der Waals surface area contributed by atoms with Crippen molar-refractivity contribution in [3.05, 3.63) is 94.4 Å². The second kappa shape index (κ2) is 8.71. The second-order valence-electron chi connectivity index (χ2n) is 7.54. The van der Waals surface area contributed by atoms with Gasteiger partial charge in [-0.05, 0) is 57.0 Å². The van der Waals surface area contributed by atoms with Crippen LogP contribution in [-0.2, 0) is 13.2 Å². The molecule has 0 N–H and O–H groups in total. The van der Waals surface area contributed by atoms with Crippen LogP contribution in [0.5, 0.6) is 5.75 Å². The molecule has 4 heteroatoms. The number of benzene rings is 2. The van der Waals surface area contributed by atoms with E-state index in [-0.39, 0.29) is 12.4 Å². The second-order valence-corrected chi connectivity index (χ2v) is 7.54. The van der Waals surface area contributed by atoms with Gasteiger partial charge in [0.05, 0.1) is 5.52 Å². The zero-order valence-corrected chi connectivity index (χ0v) is 18.2. The Morgan fingerprint density at radius 1 is 0.897 bits per heavy atom. The zero-order chi connectivity index (χ0) is 19.7. The summed E-state index contributed by atoms with van der Waals surface area (Å²) in [6.45, 7) is 9.89. The number of nitrogens with zero attached hydrogens (tertiary/aromatic N) is 2. The summed E-state index contributed by atoms with van der Waals surface area (Å²) >= 11 is 0. The van der Waals surface area contributed by atoms with Crippen LogP contribution in [0.25, 0.3) is 10.9 Å². The Balaban J connectivity index is 0.00000240. The Kier molecular flexibility index (Phi) is 6.29. The van der Waals surface area contributed by atoms with Gasteiger partial charge in [-0.2, -0.15) is 0 Å². The van der Waals surface area contributed by atoms with Crippen molar-refractivity contribution >= 4 is 23.3 Å². The molecule has 4 aromatic rings. The molecular weight excluding hydrogens is 380 g/mol. The van der Waals surface area contributed by atoms with Crippen molar-refractivity contribution in [2.24, 2.45) is 0 Å². The topological polar surface area (TPSA) is 27.1 Å². The molecule has 0 aliphatic heterocycles. The average Bonchev–Trinajstić information content (AvgIpc) is 2.93. The summed E-state index contributed by atoms with van der Waals surface area (Å²) in [5, 5.41) is 1.25. The lowest BCUT2D eigenvalue weighted by Gasteiger charge is -2.13. The fourth-order valence-electron chi connectivity index (χ4n) is 3.75. The molecule has 0 amide bonds. The van der Waals surface area contributed by atoms with Crippen molar-refractivity contribution in [3.8, 4) is 5.75 Å². The minimum absolute atomic E-state index is 0. The summed E-state index contributed by atoms with van der Waals surface area (Å²) in [6.07, 6.45) is 1.89. The molecule has 0 radical (unpaired) electrons. The highest BCUT2D eigenvalue weighted by Crippen LogP contribution is 2.28. The van der Waals surface area contributed by atoms with Gasteiger partial charge in [0, 0.05) is 23.8 Å². The number of aromatic nitrogens is 2. The lowest BCUT2D eigenvalue weighted by molar-refractivity contribution is 0.302. The molecule has 0 fully saturated rings. The first-order valence-electron chi connectivity index (χ1n) is 9.71. The van der Waals surface area contributed by atoms with Gasteiger partial charge in [-0.25, -0.2) is 0 Å². The highest BCUT2D eigenvalue weighted by atomic mass is 35.5. The first kappa shape index (κ1) is 20.9. The predicted molar refractivity (Wildman–Crippen MR) is 122 cm³/mol. The molecular formula is C25H27ClN2O. The molecule has 0 saturated carbocycles. The number of ether oxygens (including phenoxy) is 1. The van der Waals surface area contributed by atoms with E-state index in [0.717, 1.165) is 18.0 Å². The van der Waals surface area contributed by atoms with Gasteiger partial charge in [-0.3, -0.25) is 4.98 Å². The van der Waals surface area contributed by atoms with Crippen LogP contribution < -0.4 is 4.74 Å². The largest absolute Gasteiger partial charge is 0.487 e. The maximum Gasteiger partial charge on any atom is 0.132 e. The minimum atomic E-state index is 0. The standard InChI is InChI=1S/C25H26N2O.ClH/c1-17-8-10-22(11-9-17)28-16-24-25-23(12-13-26-24)19(3)20(4)27(25)15-21-7-5-6-18(2)14-21;/h5-14H,15-16H2,1-4H3;1H. The van der Waals surface area contributed by atoms with Crippen molar-refractivity contribution in [1.29, 1.82) is 0 Å². The molecule has 2 heterocycles. The smallest absolute Gasteiger partial charge is 0.132 e. The van der Waals surface area contributed by atoms with Gasteiger partial charge in [0.1, 0.15) is 18.1 Å². The van der Waals surface area contributed by atoms with Crippen LogP contribution in [0.1, 0.15) is 33.6 Å². The van der Waals surface area contributed by atoms with Crippen molar-refractivity contribution in [2.75, 3.05) is 0 Å². The molecule has 2 aromatic heterocycles. The van der Waals surface area contributed by atoms with E-state index in [9.17, 15) is 0 Å². The van der Waals surface area contributed by atoms with E-state index in [1.807, 2.05) is 18.3 Å². The fraction of sp³-hybridized carbons (Fsp3) is 0.240. The number of fused-ring (bicyclic) bond motifs is 1. The molecule has 0 unspecified atom stereocenters. The molecule has 150 valence electrons. The molecule has 0 aliphatic carbocycles. The Bertz CT molecular complexity index is 1130. The van der Waals surface area contributed by atoms with Gasteiger partial charge < -0.3 is 9.30 Å². The molecule has 3 nitrogen and oxygen atoms in total. The quantitative estimate of drug-likeness (QED) is 0.387. The Morgan fingerprint density at radius 2 is 1.66 bits per heavy atom. The first-order chi connectivity index (χ1) is 13.5. The van der Waals surface area contributed by atoms with Crippen LogP contribution in [0, 0.1) is 27.7 Å². The highest BCUT2D eigenvalue weighted by Gasteiger charge is 2.16. The van der Waals surface area contributed by atoms with Crippen molar-refractivity contribution in [1.82, 2.24) is 9.55 Å². The minimum Gasteiger partial charge on any atom is -0.487 e. The van der Waals surface area contributed by atoms with Gasteiger partial charge in [0.2, 0.25) is 0 Å². The summed E-state index contributed by atoms with van der Waals surface area (Å²) in [7, 11) is 0. The highest BCUT2D eigenvalue weighted by molar-refractivity contribution is 5.87. The summed E-state index contributed by atoms with van der Waals surface area (Å²) in [5.74, 6) is 0.870. The van der Waals surface area contributed by atoms with Crippen molar-refractivity contribution in [2.45, 2.75) is 40.8 Å². The van der Waals surface area contributed by atoms with Gasteiger partial charge >= 0.3 is 0 Å². The molecule has 0 spiro atoms. The molecule has 0 bridgehead atoms. The predicted octanol–water partition coefficient (Wildman–Crippen LogP) is 6.32. The third-order valence-electron chi connectivity index (χ3n) is 5.44. The van der Waals surface area contributed by atoms with Crippen LogP contribution in [-0.4, -0.2) is 9.55 Å². The van der Waals surface area contributed by atoms with E-state index in [2.05, 4.69) is 79.7 Å². The lowest BCUT2D eigenvalue weighted by Crippen LogP contribution is -2.06. The maximum atomic E-state index is 6.05. The number of rotatable bonds is 5. The van der Waals surface area contributed by atoms with E-state index in [1.54, 1.807) is 0 Å². The lowest BCUT2D eigenvalue weighted by atomic mass is 10.1. The van der Waals surface area contributed by atoms with E-state index in [0.29, 0.717) is 6.61 Å². The SMILES string of the molecule is Cc1ccc(OCc2nccc3c(C)c(C)n(Cc4cccc(C)c4)c23)cc1.Cl. The van der Waals surface area contributed by atoms with Gasteiger partial charge in [-0.15, -0.1) is 12.4 Å². The molecule has 0 atom stereocenters. The molecule has 29 heavy (non-hydrogen) atoms. The van der Waals surface area contributed by atoms with Crippen LogP contribution in [0.4, 0.5) is 0 Å². The maximum absolute atomic E-state index is 6.05. The van der Waals surface area contributed by atoms with Crippen molar-refractivity contribution in [3.63, 3.8) is 0 Å². The number of hydrogen-bond donors (Lipinski definition) is 0. The Morgan fingerprint density at radius 3 is 2.38 bits per heavy atom. The van der Waals surface area contributed by atoms with Crippen LogP contribution >= 0.6 is 12.4 Å². The third kappa shape index (κ3) is 4.30. The molecule has 2 aromatic carbocycles. The summed E-state index contributed by atoms with van der Waals surface area (Å²) in [5.41, 5.74) is 8.54. The molecule has 0 aliphatic rings. The number of hydrogen-bond acceptors (Lipinski definition) is 2. The van der Waals surface area contributed by atoms with Crippen molar-refractivity contribution < 1.29 is 4.74 Å². The van der Waals surface area contributed by atoms with Crippen LogP contribution in [0.3, 0.4) is 0 Å². The molecule has 4 rings (SSSR count). The number of pyridine rings is 1. The average molecular weight is 407 g/mol. The Labute approximate surface area is 178 Å². The van der Waals surface area contributed by atoms with E-state index in [1.165, 1.54) is 38.9 Å². The van der Waals surface area contributed by atoms with E-state index >= 15 is 0 Å². The monoisotopic (exact) mass is 406 g/mol. The number of halogens is 1. The number of aryl methyl sites for hydroxylation is 3. The summed E-state index contributed by atoms with van der Waals surface area (Å²) in [4.78, 5) is 4.67. The first-order valence-corrected chi connectivity index (χ1v) is 9.71. The summed E-state index contributed by atoms with van der Waals surface area (Å²) in [6, 6.07) is 19.0. The van der Waals surface area contributed by atoms with Gasteiger partial charge in [0.25, 0.3) is 0 Å². The fourth-order valence-corrected chi connectivity index (χ4v) is 3.75. The third-order valence-corrected chi connectivity index (χ3v) is 5.44. The van der Waals surface area contributed by atoms with Gasteiger partial charge in [0.15, 0.2) is 0 Å². The van der Waals surface area contributed by atoms with Crippen LogP contribution in [0.2, 0.25) is 0 Å². The normalized spacial score (nSPS) is 10.8. The van der Waals surface area contributed by atoms with Crippen LogP contribution in [0.15, 0.2) is 60.8 Å². The Hall–Kier alpha value is -2.78.